The van der Waals surface area contributed by atoms with Crippen molar-refractivity contribution in [3.05, 3.63) is 34.9 Å². The number of carbonyl (C=O) groups is 1. The number of rotatable bonds is 4. The van der Waals surface area contributed by atoms with Crippen LogP contribution in [0, 0.1) is 0 Å². The number of benzene rings is 1. The molecule has 1 amide bonds. The second-order valence-electron chi connectivity index (χ2n) is 7.00. The fourth-order valence-corrected chi connectivity index (χ4v) is 3.93. The third-order valence-corrected chi connectivity index (χ3v) is 5.64. The van der Waals surface area contributed by atoms with E-state index >= 15 is 0 Å². The number of hydrogen-bond donors (Lipinski definition) is 1. The van der Waals surface area contributed by atoms with E-state index in [1.54, 1.807) is 7.11 Å². The number of piperidine rings is 1. The minimum atomic E-state index is -0.628. The van der Waals surface area contributed by atoms with Gasteiger partial charge in [0.05, 0.1) is 0 Å². The number of ether oxygens (including phenoxy) is 1. The fourth-order valence-electron chi connectivity index (χ4n) is 3.80. The molecule has 0 unspecified atom stereocenters. The molecule has 8 heteroatoms. The van der Waals surface area contributed by atoms with Gasteiger partial charge >= 0.3 is 0 Å². The number of hydrogen-bond acceptors (Lipinski definition) is 4. The van der Waals surface area contributed by atoms with Crippen molar-refractivity contribution >= 4 is 42.3 Å². The Morgan fingerprint density at radius 2 is 1.78 bits per heavy atom. The van der Waals surface area contributed by atoms with Crippen LogP contribution in [-0.4, -0.2) is 67.7 Å². The number of halogens is 3. The summed E-state index contributed by atoms with van der Waals surface area (Å²) in [4.78, 5) is 17.5. The zero-order chi connectivity index (χ0) is 17.7. The van der Waals surface area contributed by atoms with Gasteiger partial charge in [0.25, 0.3) is 5.91 Å². The van der Waals surface area contributed by atoms with E-state index in [1.165, 1.54) is 5.56 Å². The Bertz CT molecular complexity index is 580. The molecule has 154 valence electrons. The topological polar surface area (TPSA) is 44.8 Å². The molecule has 2 fully saturated rings. The largest absolute Gasteiger partial charge is 0.368 e. The van der Waals surface area contributed by atoms with Gasteiger partial charge in [0.15, 0.2) is 0 Å². The summed E-state index contributed by atoms with van der Waals surface area (Å²) in [5.41, 5.74) is 0.632. The van der Waals surface area contributed by atoms with Gasteiger partial charge in [-0.2, -0.15) is 0 Å². The van der Waals surface area contributed by atoms with Crippen molar-refractivity contribution in [2.75, 3.05) is 46.4 Å². The van der Waals surface area contributed by atoms with Crippen LogP contribution in [0.2, 0.25) is 5.02 Å². The van der Waals surface area contributed by atoms with Crippen LogP contribution in [0.25, 0.3) is 0 Å². The molecule has 2 heterocycles. The van der Waals surface area contributed by atoms with E-state index in [4.69, 9.17) is 16.3 Å². The minimum Gasteiger partial charge on any atom is -0.368 e. The van der Waals surface area contributed by atoms with Gasteiger partial charge in [0, 0.05) is 44.9 Å². The molecule has 0 spiro atoms. The number of carbonyl (C=O) groups excluding carboxylic acids is 1. The first-order chi connectivity index (χ1) is 12.1. The molecule has 27 heavy (non-hydrogen) atoms. The predicted octanol–water partition coefficient (Wildman–Crippen LogP) is 2.99. The lowest BCUT2D eigenvalue weighted by Gasteiger charge is -2.38. The first-order valence-electron chi connectivity index (χ1n) is 9.15. The summed E-state index contributed by atoms with van der Waals surface area (Å²) in [6.07, 6.45) is 2.51. The van der Waals surface area contributed by atoms with Crippen molar-refractivity contribution < 1.29 is 9.53 Å². The van der Waals surface area contributed by atoms with E-state index in [9.17, 15) is 4.79 Å². The number of nitrogens with zero attached hydrogens (tertiary/aromatic N) is 2. The number of amides is 1. The molecule has 2 aliphatic heterocycles. The van der Waals surface area contributed by atoms with Gasteiger partial charge in [-0.1, -0.05) is 23.7 Å². The lowest BCUT2D eigenvalue weighted by atomic mass is 9.90. The van der Waals surface area contributed by atoms with E-state index < -0.39 is 5.60 Å². The summed E-state index contributed by atoms with van der Waals surface area (Å²) in [5, 5.41) is 4.08. The molecule has 2 saturated heterocycles. The van der Waals surface area contributed by atoms with Crippen LogP contribution in [0.3, 0.4) is 0 Å². The molecular formula is C19H30Cl3N3O2. The van der Waals surface area contributed by atoms with Crippen molar-refractivity contribution in [2.24, 2.45) is 0 Å². The summed E-state index contributed by atoms with van der Waals surface area (Å²) >= 11 is 5.96. The van der Waals surface area contributed by atoms with E-state index in [2.05, 4.69) is 22.3 Å². The highest BCUT2D eigenvalue weighted by atomic mass is 35.5. The zero-order valence-corrected chi connectivity index (χ0v) is 18.2. The number of nitrogens with one attached hydrogen (secondary N) is 1. The molecule has 2 aliphatic rings. The lowest BCUT2D eigenvalue weighted by Crippen LogP contribution is -2.55. The van der Waals surface area contributed by atoms with E-state index in [1.807, 2.05) is 17.0 Å². The molecule has 1 aromatic rings. The van der Waals surface area contributed by atoms with Gasteiger partial charge in [-0.15, -0.1) is 24.8 Å². The number of methoxy groups -OCH3 is 1. The lowest BCUT2D eigenvalue weighted by molar-refractivity contribution is -0.158. The second-order valence-corrected chi connectivity index (χ2v) is 7.43. The van der Waals surface area contributed by atoms with E-state index in [-0.39, 0.29) is 30.7 Å². The molecule has 0 atom stereocenters. The van der Waals surface area contributed by atoms with Gasteiger partial charge in [0.2, 0.25) is 0 Å². The van der Waals surface area contributed by atoms with Crippen molar-refractivity contribution in [1.29, 1.82) is 0 Å². The first kappa shape index (κ1) is 24.5. The summed E-state index contributed by atoms with van der Waals surface area (Å²) in [6.45, 7) is 6.07. The first-order valence-corrected chi connectivity index (χ1v) is 9.53. The highest BCUT2D eigenvalue weighted by molar-refractivity contribution is 6.30. The third-order valence-electron chi connectivity index (χ3n) is 5.39. The highest BCUT2D eigenvalue weighted by Gasteiger charge is 2.42. The van der Waals surface area contributed by atoms with Crippen molar-refractivity contribution in [3.63, 3.8) is 0 Å². The maximum absolute atomic E-state index is 13.1. The molecule has 1 N–H and O–H groups in total. The maximum Gasteiger partial charge on any atom is 0.254 e. The summed E-state index contributed by atoms with van der Waals surface area (Å²) in [5.74, 6) is 0.171. The van der Waals surface area contributed by atoms with Gasteiger partial charge in [-0.05, 0) is 50.0 Å². The Morgan fingerprint density at radius 3 is 2.41 bits per heavy atom. The van der Waals surface area contributed by atoms with Crippen LogP contribution < -0.4 is 5.32 Å². The summed E-state index contributed by atoms with van der Waals surface area (Å²) < 4.78 is 5.71. The molecule has 1 aromatic carbocycles. The Hall–Kier alpha value is -0.560. The third kappa shape index (κ3) is 6.21. The van der Waals surface area contributed by atoms with Crippen molar-refractivity contribution in [2.45, 2.75) is 31.4 Å². The van der Waals surface area contributed by atoms with Crippen LogP contribution in [0.4, 0.5) is 0 Å². The van der Waals surface area contributed by atoms with Crippen LogP contribution in [0.5, 0.6) is 0 Å². The van der Waals surface area contributed by atoms with E-state index in [0.29, 0.717) is 0 Å². The second kappa shape index (κ2) is 11.4. The Balaban J connectivity index is 0.00000182. The molecule has 0 aromatic heterocycles. The predicted molar refractivity (Wildman–Crippen MR) is 114 cm³/mol. The summed E-state index contributed by atoms with van der Waals surface area (Å²) in [7, 11) is 1.67. The molecular weight excluding hydrogens is 409 g/mol. The van der Waals surface area contributed by atoms with Gasteiger partial charge in [-0.25, -0.2) is 0 Å². The van der Waals surface area contributed by atoms with Gasteiger partial charge in [-0.3, -0.25) is 9.69 Å². The van der Waals surface area contributed by atoms with Crippen LogP contribution in [0.1, 0.15) is 24.8 Å². The minimum absolute atomic E-state index is 0. The fraction of sp³-hybridized carbons (Fsp3) is 0.632. The zero-order valence-electron chi connectivity index (χ0n) is 15.8. The van der Waals surface area contributed by atoms with Crippen molar-refractivity contribution in [3.8, 4) is 0 Å². The summed E-state index contributed by atoms with van der Waals surface area (Å²) in [6, 6.07) is 8.02. The normalized spacial score (nSPS) is 20.1. The Morgan fingerprint density at radius 1 is 1.11 bits per heavy atom. The molecule has 3 rings (SSSR count). The quantitative estimate of drug-likeness (QED) is 0.785. The smallest absolute Gasteiger partial charge is 0.254 e. The highest BCUT2D eigenvalue weighted by Crippen LogP contribution is 2.26. The Labute approximate surface area is 179 Å². The molecule has 0 radical (unpaired) electrons. The average Bonchev–Trinajstić information content (AvgIpc) is 2.89. The monoisotopic (exact) mass is 437 g/mol. The molecule has 0 saturated carbocycles. The van der Waals surface area contributed by atoms with Crippen LogP contribution in [-0.2, 0) is 16.1 Å². The molecule has 5 nitrogen and oxygen atoms in total. The standard InChI is InChI=1S/C19H28ClN3O2.2ClH/c1-25-19(7-9-21-10-8-19)18(24)23-12-2-11-22(13-14-23)15-16-3-5-17(20)6-4-16;;/h3-6,21H,2,7-15H2,1H3;2*1H. The average molecular weight is 439 g/mol. The van der Waals surface area contributed by atoms with E-state index in [0.717, 1.165) is 70.1 Å². The van der Waals surface area contributed by atoms with Crippen molar-refractivity contribution in [1.82, 2.24) is 15.1 Å². The Kier molecular flexibility index (Phi) is 10.4. The molecule has 0 aliphatic carbocycles. The molecule has 0 bridgehead atoms. The van der Waals surface area contributed by atoms with Crippen LogP contribution >= 0.6 is 36.4 Å². The van der Waals surface area contributed by atoms with Crippen LogP contribution in [0.15, 0.2) is 24.3 Å². The maximum atomic E-state index is 13.1. The SMILES string of the molecule is COC1(C(=O)N2CCCN(Cc3ccc(Cl)cc3)CC2)CCNCC1.Cl.Cl. The van der Waals surface area contributed by atoms with Gasteiger partial charge < -0.3 is 15.0 Å². The van der Waals surface area contributed by atoms with Gasteiger partial charge in [0.1, 0.15) is 5.60 Å².